The minimum absolute atomic E-state index is 0.0528. The lowest BCUT2D eigenvalue weighted by molar-refractivity contribution is -0.121. The molecule has 1 N–H and O–H groups in total. The van der Waals surface area contributed by atoms with Gasteiger partial charge in [-0.15, -0.1) is 4.40 Å². The van der Waals surface area contributed by atoms with Gasteiger partial charge in [-0.3, -0.25) is 9.59 Å². The number of para-hydroxylation sites is 1. The average Bonchev–Trinajstić information content (AvgIpc) is 3.15. The number of likely N-dealkylation sites (tertiary alicyclic amines) is 2. The first-order valence-corrected chi connectivity index (χ1v) is 13.3. The summed E-state index contributed by atoms with van der Waals surface area (Å²) in [5.41, 5.74) is 1.61. The van der Waals surface area contributed by atoms with E-state index >= 15 is 0 Å². The van der Waals surface area contributed by atoms with Gasteiger partial charge in [0, 0.05) is 31.7 Å². The van der Waals surface area contributed by atoms with Gasteiger partial charge < -0.3 is 15.1 Å². The van der Waals surface area contributed by atoms with E-state index in [9.17, 15) is 18.0 Å². The predicted molar refractivity (Wildman–Crippen MR) is 129 cm³/mol. The molecule has 2 aromatic carbocycles. The minimum atomic E-state index is -3.71. The zero-order valence-electron chi connectivity index (χ0n) is 18.9. The molecule has 0 spiro atoms. The van der Waals surface area contributed by atoms with Crippen LogP contribution in [0.4, 0.5) is 5.69 Å². The van der Waals surface area contributed by atoms with E-state index in [4.69, 9.17) is 0 Å². The van der Waals surface area contributed by atoms with Crippen molar-refractivity contribution in [3.05, 3.63) is 59.7 Å². The lowest BCUT2D eigenvalue weighted by atomic mass is 9.96. The van der Waals surface area contributed by atoms with Crippen LogP contribution in [0.3, 0.4) is 0 Å². The molecule has 3 aliphatic rings. The number of hydrogen-bond donors (Lipinski definition) is 1. The molecule has 34 heavy (non-hydrogen) atoms. The van der Waals surface area contributed by atoms with Crippen molar-refractivity contribution in [2.75, 3.05) is 31.5 Å². The topological polar surface area (TPSA) is 99.2 Å². The zero-order chi connectivity index (χ0) is 23.7. The summed E-state index contributed by atoms with van der Waals surface area (Å²) in [4.78, 5) is 30.3. The molecule has 2 fully saturated rings. The molecule has 0 saturated carbocycles. The third kappa shape index (κ3) is 4.32. The Balaban J connectivity index is 1.32. The fourth-order valence-electron chi connectivity index (χ4n) is 4.98. The van der Waals surface area contributed by atoms with Gasteiger partial charge in [0.25, 0.3) is 15.9 Å². The number of rotatable bonds is 3. The van der Waals surface area contributed by atoms with Gasteiger partial charge in [0.05, 0.1) is 17.2 Å². The molecular weight excluding hydrogens is 452 g/mol. The monoisotopic (exact) mass is 480 g/mol. The van der Waals surface area contributed by atoms with Crippen LogP contribution in [0.15, 0.2) is 57.8 Å². The van der Waals surface area contributed by atoms with Crippen LogP contribution in [-0.4, -0.2) is 62.0 Å². The molecule has 8 nitrogen and oxygen atoms in total. The number of anilines is 1. The summed E-state index contributed by atoms with van der Waals surface area (Å²) in [7, 11) is -3.71. The minimum Gasteiger partial charge on any atom is -0.355 e. The Morgan fingerprint density at radius 2 is 1.65 bits per heavy atom. The summed E-state index contributed by atoms with van der Waals surface area (Å²) in [6.45, 7) is 2.49. The molecule has 3 heterocycles. The van der Waals surface area contributed by atoms with Crippen molar-refractivity contribution >= 4 is 33.4 Å². The number of nitrogens with one attached hydrogen (secondary N) is 1. The van der Waals surface area contributed by atoms with Crippen molar-refractivity contribution < 1.29 is 18.0 Å². The number of benzene rings is 2. The van der Waals surface area contributed by atoms with Crippen molar-refractivity contribution in [1.29, 1.82) is 0 Å². The molecule has 2 amide bonds. The number of sulfonamides is 1. The highest BCUT2D eigenvalue weighted by molar-refractivity contribution is 7.90. The Morgan fingerprint density at radius 1 is 0.912 bits per heavy atom. The second-order valence-electron chi connectivity index (χ2n) is 9.06. The van der Waals surface area contributed by atoms with Gasteiger partial charge in [0.1, 0.15) is 4.90 Å². The van der Waals surface area contributed by atoms with Crippen LogP contribution in [0, 0.1) is 5.92 Å². The zero-order valence-corrected chi connectivity index (χ0v) is 19.8. The van der Waals surface area contributed by atoms with Gasteiger partial charge >= 0.3 is 0 Å². The number of hydrogen-bond acceptors (Lipinski definition) is 5. The Hall–Kier alpha value is -3.20. The molecule has 0 bridgehead atoms. The number of carbonyl (C=O) groups is 2. The second-order valence-corrected chi connectivity index (χ2v) is 10.6. The highest BCUT2D eigenvalue weighted by atomic mass is 32.2. The standard InChI is InChI=1S/C25H28N4O4S/c30-24(26-21-12-4-2-10-19(21)25(31)28-14-6-1-7-15-28)18-9-8-16-29(17-18)23-20-11-3-5-13-22(20)34(32,33)27-23/h2-5,10-13,18H,1,6-9,14-17H2,(H,26,30). The van der Waals surface area contributed by atoms with E-state index in [0.29, 0.717) is 42.2 Å². The van der Waals surface area contributed by atoms with E-state index in [1.807, 2.05) is 21.9 Å². The number of nitrogens with zero attached hydrogens (tertiary/aromatic N) is 3. The fraction of sp³-hybridized carbons (Fsp3) is 0.400. The largest absolute Gasteiger partial charge is 0.355 e. The van der Waals surface area contributed by atoms with Gasteiger partial charge in [-0.1, -0.05) is 24.3 Å². The van der Waals surface area contributed by atoms with Crippen LogP contribution < -0.4 is 5.32 Å². The Morgan fingerprint density at radius 3 is 2.47 bits per heavy atom. The molecule has 1 atom stereocenters. The number of fused-ring (bicyclic) bond motifs is 1. The highest BCUT2D eigenvalue weighted by Crippen LogP contribution is 2.30. The second kappa shape index (κ2) is 9.21. The third-order valence-corrected chi connectivity index (χ3v) is 8.09. The summed E-state index contributed by atoms with van der Waals surface area (Å²) < 4.78 is 28.9. The van der Waals surface area contributed by atoms with Crippen LogP contribution in [-0.2, 0) is 14.8 Å². The van der Waals surface area contributed by atoms with Crippen molar-refractivity contribution in [3.8, 4) is 0 Å². The summed E-state index contributed by atoms with van der Waals surface area (Å²) in [6.07, 6.45) is 4.57. The first kappa shape index (κ1) is 22.6. The molecule has 0 radical (unpaired) electrons. The van der Waals surface area contributed by atoms with Crippen LogP contribution in [0.1, 0.15) is 48.0 Å². The molecule has 178 valence electrons. The van der Waals surface area contributed by atoms with E-state index in [-0.39, 0.29) is 22.6 Å². The van der Waals surface area contributed by atoms with Crippen molar-refractivity contribution in [2.45, 2.75) is 37.0 Å². The Bertz CT molecular complexity index is 1250. The van der Waals surface area contributed by atoms with Crippen LogP contribution >= 0.6 is 0 Å². The lowest BCUT2D eigenvalue weighted by Gasteiger charge is -2.33. The summed E-state index contributed by atoms with van der Waals surface area (Å²) in [6, 6.07) is 13.9. The van der Waals surface area contributed by atoms with Gasteiger partial charge in [0.2, 0.25) is 5.91 Å². The number of piperidine rings is 2. The summed E-state index contributed by atoms with van der Waals surface area (Å²) in [5, 5.41) is 2.98. The third-order valence-electron chi connectivity index (χ3n) is 6.76. The molecule has 0 aromatic heterocycles. The van der Waals surface area contributed by atoms with Gasteiger partial charge in [0.15, 0.2) is 5.84 Å². The molecule has 0 aliphatic carbocycles. The molecule has 9 heteroatoms. The van der Waals surface area contributed by atoms with Crippen LogP contribution in [0.2, 0.25) is 0 Å². The van der Waals surface area contributed by atoms with Crippen LogP contribution in [0.5, 0.6) is 0 Å². The maximum Gasteiger partial charge on any atom is 0.285 e. The van der Waals surface area contributed by atoms with E-state index in [0.717, 1.165) is 38.8 Å². The maximum absolute atomic E-state index is 13.2. The molecule has 5 rings (SSSR count). The average molecular weight is 481 g/mol. The Kier molecular flexibility index (Phi) is 6.12. The van der Waals surface area contributed by atoms with Crippen molar-refractivity contribution in [1.82, 2.24) is 9.80 Å². The smallest absolute Gasteiger partial charge is 0.285 e. The first-order valence-electron chi connectivity index (χ1n) is 11.8. The molecule has 2 saturated heterocycles. The molecule has 2 aromatic rings. The number of amides is 2. The number of amidine groups is 1. The van der Waals surface area contributed by atoms with Gasteiger partial charge in [-0.2, -0.15) is 8.42 Å². The molecular formula is C25H28N4O4S. The molecule has 3 aliphatic heterocycles. The lowest BCUT2D eigenvalue weighted by Crippen LogP contribution is -2.44. The highest BCUT2D eigenvalue weighted by Gasteiger charge is 2.35. The molecule has 1 unspecified atom stereocenters. The summed E-state index contributed by atoms with van der Waals surface area (Å²) in [5.74, 6) is -0.153. The quantitative estimate of drug-likeness (QED) is 0.728. The Labute approximate surface area is 199 Å². The fourth-order valence-corrected chi connectivity index (χ4v) is 6.21. The maximum atomic E-state index is 13.2. The predicted octanol–water partition coefficient (Wildman–Crippen LogP) is 3.11. The van der Waals surface area contributed by atoms with E-state index < -0.39 is 10.0 Å². The van der Waals surface area contributed by atoms with Crippen molar-refractivity contribution in [3.63, 3.8) is 0 Å². The number of carbonyl (C=O) groups excluding carboxylic acids is 2. The normalized spacial score (nSPS) is 21.5. The summed E-state index contributed by atoms with van der Waals surface area (Å²) >= 11 is 0. The van der Waals surface area contributed by atoms with Crippen molar-refractivity contribution in [2.24, 2.45) is 10.3 Å². The van der Waals surface area contributed by atoms with Gasteiger partial charge in [-0.25, -0.2) is 0 Å². The first-order chi connectivity index (χ1) is 16.4. The van der Waals surface area contributed by atoms with E-state index in [1.165, 1.54) is 0 Å². The van der Waals surface area contributed by atoms with E-state index in [1.54, 1.807) is 36.4 Å². The SMILES string of the molecule is O=C(Nc1ccccc1C(=O)N1CCCCC1)C1CCCN(C2=NS(=O)(=O)c3ccccc32)C1. The van der Waals surface area contributed by atoms with Crippen LogP contribution in [0.25, 0.3) is 0 Å². The van der Waals surface area contributed by atoms with Gasteiger partial charge in [-0.05, 0) is 56.4 Å². The van der Waals surface area contributed by atoms with E-state index in [2.05, 4.69) is 9.71 Å².